The highest BCUT2D eigenvalue weighted by molar-refractivity contribution is 7.55. The van der Waals surface area contributed by atoms with Crippen molar-refractivity contribution < 1.29 is 37.7 Å². The molecule has 0 aromatic heterocycles. The number of benzene rings is 1. The number of ether oxygens (including phenoxy) is 2. The number of hydrogen-bond donors (Lipinski definition) is 2. The van der Waals surface area contributed by atoms with Crippen molar-refractivity contribution in [1.29, 1.82) is 0 Å². The Bertz CT molecular complexity index is 860. The molecule has 11 heteroatoms. The number of Topliss-reactive ketones (excluding diaryl/α,β-unsaturated/α-hetero) is 2. The second-order valence-corrected chi connectivity index (χ2v) is 11.2. The predicted molar refractivity (Wildman–Crippen MR) is 149 cm³/mol. The summed E-state index contributed by atoms with van der Waals surface area (Å²) >= 11 is 0. The van der Waals surface area contributed by atoms with E-state index in [1.807, 2.05) is 0 Å². The van der Waals surface area contributed by atoms with Crippen LogP contribution in [0.5, 0.6) is 5.75 Å². The first-order chi connectivity index (χ1) is 18.8. The van der Waals surface area contributed by atoms with E-state index in [2.05, 4.69) is 24.0 Å². The van der Waals surface area contributed by atoms with Crippen molar-refractivity contribution in [1.82, 2.24) is 10.2 Å². The lowest BCUT2D eigenvalue weighted by molar-refractivity contribution is -0.145. The lowest BCUT2D eigenvalue weighted by atomic mass is 10.2. The summed E-state index contributed by atoms with van der Waals surface area (Å²) in [7, 11) is -3.87. The first-order valence-electron chi connectivity index (χ1n) is 14.0. The fourth-order valence-corrected chi connectivity index (χ4v) is 4.80. The van der Waals surface area contributed by atoms with E-state index in [-0.39, 0.29) is 56.1 Å². The van der Waals surface area contributed by atoms with Gasteiger partial charge in [-0.25, -0.2) is 14.7 Å². The zero-order valence-electron chi connectivity index (χ0n) is 23.4. The highest BCUT2D eigenvalue weighted by Crippen LogP contribution is 2.38. The minimum absolute atomic E-state index is 0.0707. The first kappa shape index (κ1) is 34.5. The van der Waals surface area contributed by atoms with Crippen LogP contribution in [0.25, 0.3) is 0 Å². The van der Waals surface area contributed by atoms with Crippen molar-refractivity contribution in [2.24, 2.45) is 0 Å². The van der Waals surface area contributed by atoms with Crippen LogP contribution in [-0.4, -0.2) is 49.8 Å². The second kappa shape index (κ2) is 21.3. The molecular weight excluding hydrogens is 523 g/mol. The van der Waals surface area contributed by atoms with E-state index in [0.717, 1.165) is 51.4 Å². The molecule has 0 heterocycles. The average Bonchev–Trinajstić information content (AvgIpc) is 2.93. The van der Waals surface area contributed by atoms with Gasteiger partial charge in [0.05, 0.1) is 39.1 Å². The van der Waals surface area contributed by atoms with E-state index in [1.54, 1.807) is 30.3 Å². The fourth-order valence-electron chi connectivity index (χ4n) is 3.37. The summed E-state index contributed by atoms with van der Waals surface area (Å²) in [6, 6.07) is 8.33. The lowest BCUT2D eigenvalue weighted by Gasteiger charge is -2.20. The fraction of sp³-hybridized carbons (Fsp3) is 0.643. The summed E-state index contributed by atoms with van der Waals surface area (Å²) in [5, 5.41) is 5.15. The summed E-state index contributed by atoms with van der Waals surface area (Å²) in [6.07, 6.45) is 7.60. The van der Waals surface area contributed by atoms with Gasteiger partial charge in [-0.2, -0.15) is 0 Å². The minimum atomic E-state index is -3.87. The molecule has 10 nitrogen and oxygen atoms in total. The van der Waals surface area contributed by atoms with Gasteiger partial charge in [-0.3, -0.25) is 19.2 Å². The molecule has 0 atom stereocenters. The summed E-state index contributed by atoms with van der Waals surface area (Å²) in [6.45, 7) is 4.19. The number of unbranched alkanes of at least 4 members (excludes halogenated alkanes) is 6. The molecule has 0 saturated heterocycles. The van der Waals surface area contributed by atoms with Crippen LogP contribution >= 0.6 is 7.67 Å². The molecule has 0 amide bonds. The van der Waals surface area contributed by atoms with E-state index >= 15 is 0 Å². The summed E-state index contributed by atoms with van der Waals surface area (Å²) in [5.41, 5.74) is 0. The molecule has 0 aliphatic rings. The van der Waals surface area contributed by atoms with Crippen LogP contribution in [0.15, 0.2) is 30.3 Å². The maximum atomic E-state index is 13.4. The van der Waals surface area contributed by atoms with Crippen molar-refractivity contribution in [3.05, 3.63) is 30.3 Å². The molecule has 1 aromatic rings. The lowest BCUT2D eigenvalue weighted by Crippen LogP contribution is -2.33. The second-order valence-electron chi connectivity index (χ2n) is 9.27. The molecule has 0 radical (unpaired) electrons. The third-order valence-electron chi connectivity index (χ3n) is 5.68. The van der Waals surface area contributed by atoms with Crippen molar-refractivity contribution in [2.75, 3.05) is 26.3 Å². The summed E-state index contributed by atoms with van der Waals surface area (Å²) in [4.78, 5) is 48.4. The molecule has 39 heavy (non-hydrogen) atoms. The monoisotopic (exact) mass is 568 g/mol. The predicted octanol–water partition coefficient (Wildman–Crippen LogP) is 5.30. The van der Waals surface area contributed by atoms with Gasteiger partial charge in [-0.05, 0) is 25.0 Å². The Kier molecular flexibility index (Phi) is 18.8. The van der Waals surface area contributed by atoms with Gasteiger partial charge < -0.3 is 14.0 Å². The highest BCUT2D eigenvalue weighted by Gasteiger charge is 2.26. The van der Waals surface area contributed by atoms with Gasteiger partial charge in [0, 0.05) is 12.8 Å². The maximum Gasteiger partial charge on any atom is 0.391 e. The molecule has 220 valence electrons. The van der Waals surface area contributed by atoms with Gasteiger partial charge >= 0.3 is 19.6 Å². The summed E-state index contributed by atoms with van der Waals surface area (Å²) in [5.74, 6) is -1.34. The number of nitrogens with one attached hydrogen (secondary N) is 2. The Morgan fingerprint density at radius 1 is 0.667 bits per heavy atom. The normalized spacial score (nSPS) is 11.1. The average molecular weight is 569 g/mol. The SMILES string of the molecule is CCCCCCOC(=O)CCC(=O)CNP(=O)(NCC(=O)CCC(=O)OCCCCCC)Oc1ccccc1. The van der Waals surface area contributed by atoms with Gasteiger partial charge in [0.2, 0.25) is 0 Å². The Morgan fingerprint density at radius 3 is 1.56 bits per heavy atom. The van der Waals surface area contributed by atoms with E-state index in [1.165, 1.54) is 0 Å². The highest BCUT2D eigenvalue weighted by atomic mass is 31.2. The van der Waals surface area contributed by atoms with Gasteiger partial charge in [0.1, 0.15) is 17.3 Å². The molecule has 0 saturated carbocycles. The maximum absolute atomic E-state index is 13.4. The molecule has 0 bridgehead atoms. The number of esters is 2. The smallest absolute Gasteiger partial charge is 0.391 e. The zero-order valence-corrected chi connectivity index (χ0v) is 24.3. The van der Waals surface area contributed by atoms with E-state index < -0.39 is 19.6 Å². The van der Waals surface area contributed by atoms with E-state index in [0.29, 0.717) is 13.2 Å². The molecule has 2 N–H and O–H groups in total. The van der Waals surface area contributed by atoms with Crippen molar-refractivity contribution in [2.45, 2.75) is 90.9 Å². The van der Waals surface area contributed by atoms with Gasteiger partial charge in [0.15, 0.2) is 0 Å². The van der Waals surface area contributed by atoms with Gasteiger partial charge in [-0.15, -0.1) is 0 Å². The van der Waals surface area contributed by atoms with Gasteiger partial charge in [0.25, 0.3) is 0 Å². The van der Waals surface area contributed by atoms with Crippen molar-refractivity contribution in [3.63, 3.8) is 0 Å². The topological polar surface area (TPSA) is 137 Å². The standard InChI is InChI=1S/C28H45N2O8P/c1-3-5-7-12-20-36-27(33)18-16-24(31)22-29-39(35,38-26-14-10-9-11-15-26)30-23-25(32)17-19-28(34)37-21-13-8-6-4-2/h9-11,14-15H,3-8,12-13,16-23H2,1-2H3,(H2,29,30,35). The number of para-hydroxylation sites is 1. The van der Waals surface area contributed by atoms with Crippen molar-refractivity contribution in [3.8, 4) is 5.75 Å². The molecule has 0 aliphatic heterocycles. The molecule has 0 aliphatic carbocycles. The zero-order chi connectivity index (χ0) is 28.8. The first-order valence-corrected chi connectivity index (χ1v) is 15.6. The van der Waals surface area contributed by atoms with Crippen LogP contribution < -0.4 is 14.7 Å². The molecule has 1 aromatic carbocycles. The van der Waals surface area contributed by atoms with Crippen LogP contribution in [0.3, 0.4) is 0 Å². The minimum Gasteiger partial charge on any atom is -0.466 e. The number of hydrogen-bond acceptors (Lipinski definition) is 8. The van der Waals surface area contributed by atoms with Crippen molar-refractivity contribution >= 4 is 31.2 Å². The van der Waals surface area contributed by atoms with Crippen LogP contribution in [0.4, 0.5) is 0 Å². The van der Waals surface area contributed by atoms with E-state index in [9.17, 15) is 23.7 Å². The van der Waals surface area contributed by atoms with Crippen LogP contribution in [0.2, 0.25) is 0 Å². The molecule has 0 fully saturated rings. The number of carbonyl (C=O) groups is 4. The number of rotatable bonds is 24. The third kappa shape index (κ3) is 18.4. The Labute approximate surface area is 232 Å². The molecule has 0 spiro atoms. The van der Waals surface area contributed by atoms with Crippen LogP contribution in [0, 0.1) is 0 Å². The molecule has 0 unspecified atom stereocenters. The van der Waals surface area contributed by atoms with Crippen LogP contribution in [0.1, 0.15) is 90.9 Å². The van der Waals surface area contributed by atoms with Gasteiger partial charge in [-0.1, -0.05) is 70.6 Å². The number of carbonyl (C=O) groups excluding carboxylic acids is 4. The quantitative estimate of drug-likeness (QED) is 0.0960. The Balaban J connectivity index is 2.49. The Morgan fingerprint density at radius 2 is 1.13 bits per heavy atom. The number of ketones is 2. The Hall–Kier alpha value is -2.55. The molecule has 1 rings (SSSR count). The summed E-state index contributed by atoms with van der Waals surface area (Å²) < 4.78 is 29.2. The van der Waals surface area contributed by atoms with E-state index in [4.69, 9.17) is 14.0 Å². The molecular formula is C28H45N2O8P. The largest absolute Gasteiger partial charge is 0.466 e. The third-order valence-corrected chi connectivity index (χ3v) is 7.30. The van der Waals surface area contributed by atoms with Crippen LogP contribution in [-0.2, 0) is 33.2 Å².